The first kappa shape index (κ1) is 15.9. The van der Waals surface area contributed by atoms with Crippen LogP contribution in [0.15, 0.2) is 11.2 Å². The molecule has 0 atom stereocenters. The minimum atomic E-state index is -3.86. The highest BCUT2D eigenvalue weighted by molar-refractivity contribution is 7.89. The van der Waals surface area contributed by atoms with Crippen LogP contribution in [-0.4, -0.2) is 34.8 Å². The first-order valence-electron chi connectivity index (χ1n) is 5.48. The summed E-state index contributed by atoms with van der Waals surface area (Å²) in [7, 11) is -2.40. The second kappa shape index (κ2) is 5.48. The minimum Gasteiger partial charge on any atom is -0.481 e. The van der Waals surface area contributed by atoms with Crippen LogP contribution in [0.2, 0.25) is 5.02 Å². The highest BCUT2D eigenvalue weighted by atomic mass is 35.5. The summed E-state index contributed by atoms with van der Waals surface area (Å²) in [6, 6.07) is 0. The second-order valence-corrected chi connectivity index (χ2v) is 6.81. The Kier molecular flexibility index (Phi) is 4.59. The van der Waals surface area contributed by atoms with Gasteiger partial charge in [0.25, 0.3) is 10.0 Å². The number of sulfonamides is 1. The summed E-state index contributed by atoms with van der Waals surface area (Å²) >= 11 is 5.79. The number of aryl methyl sites for hydroxylation is 1. The molecule has 2 N–H and O–H groups in total. The maximum atomic E-state index is 12.2. The molecule has 19 heavy (non-hydrogen) atoms. The smallest absolute Gasteiger partial charge is 0.303 e. The minimum absolute atomic E-state index is 0.0176. The molecule has 1 rings (SSSR count). The number of nitrogens with zero attached hydrogens (tertiary/aromatic N) is 2. The van der Waals surface area contributed by atoms with Gasteiger partial charge in [-0.15, -0.1) is 0 Å². The summed E-state index contributed by atoms with van der Waals surface area (Å²) in [5, 5.41) is 12.3. The highest BCUT2D eigenvalue weighted by Gasteiger charge is 2.30. The van der Waals surface area contributed by atoms with Crippen LogP contribution in [0, 0.1) is 0 Å². The van der Waals surface area contributed by atoms with Crippen molar-refractivity contribution in [3.05, 3.63) is 11.2 Å². The van der Waals surface area contributed by atoms with Gasteiger partial charge >= 0.3 is 5.97 Å². The van der Waals surface area contributed by atoms with Crippen molar-refractivity contribution in [3.63, 3.8) is 0 Å². The molecule has 0 aliphatic carbocycles. The highest BCUT2D eigenvalue weighted by Crippen LogP contribution is 2.22. The Bertz CT molecular complexity index is 560. The van der Waals surface area contributed by atoms with E-state index < -0.39 is 21.5 Å². The van der Waals surface area contributed by atoms with Gasteiger partial charge in [-0.2, -0.15) is 5.10 Å². The number of hydrogen-bond donors (Lipinski definition) is 2. The molecule has 1 heterocycles. The largest absolute Gasteiger partial charge is 0.481 e. The number of aromatic nitrogens is 2. The van der Waals surface area contributed by atoms with Gasteiger partial charge in [0.15, 0.2) is 5.03 Å². The van der Waals surface area contributed by atoms with Crippen molar-refractivity contribution >= 4 is 27.6 Å². The first-order valence-corrected chi connectivity index (χ1v) is 7.34. The summed E-state index contributed by atoms with van der Waals surface area (Å²) in [5.74, 6) is -0.981. The van der Waals surface area contributed by atoms with E-state index in [-0.39, 0.29) is 22.9 Å². The molecule has 0 radical (unpaired) electrons. The standard InChI is InChI=1S/C10H16ClN3O4S/c1-10(2,5-4-8(15)16)13-19(17,18)9-7(11)6-12-14(9)3/h6,13H,4-5H2,1-3H3,(H,15,16). The molecule has 0 bridgehead atoms. The number of hydrogen-bond acceptors (Lipinski definition) is 4. The van der Waals surface area contributed by atoms with Crippen LogP contribution in [0.3, 0.4) is 0 Å². The summed E-state index contributed by atoms with van der Waals surface area (Å²) in [4.78, 5) is 10.5. The van der Waals surface area contributed by atoms with E-state index in [1.807, 2.05) is 0 Å². The van der Waals surface area contributed by atoms with E-state index in [9.17, 15) is 13.2 Å². The molecule has 7 nitrogen and oxygen atoms in total. The lowest BCUT2D eigenvalue weighted by atomic mass is 10.0. The van der Waals surface area contributed by atoms with Gasteiger partial charge < -0.3 is 5.11 Å². The van der Waals surface area contributed by atoms with Crippen molar-refractivity contribution < 1.29 is 18.3 Å². The molecule has 0 aliphatic rings. The fraction of sp³-hybridized carbons (Fsp3) is 0.600. The molecule has 0 aliphatic heterocycles. The van der Waals surface area contributed by atoms with Crippen LogP contribution in [-0.2, 0) is 21.9 Å². The van der Waals surface area contributed by atoms with Gasteiger partial charge in [0.05, 0.1) is 11.2 Å². The summed E-state index contributed by atoms with van der Waals surface area (Å²) in [6.45, 7) is 3.22. The molecule has 1 aromatic heterocycles. The predicted molar refractivity (Wildman–Crippen MR) is 69.5 cm³/mol. The van der Waals surface area contributed by atoms with Gasteiger partial charge in [-0.25, -0.2) is 13.1 Å². The lowest BCUT2D eigenvalue weighted by Crippen LogP contribution is -2.44. The van der Waals surface area contributed by atoms with Gasteiger partial charge in [-0.3, -0.25) is 9.48 Å². The molecule has 0 aromatic carbocycles. The first-order chi connectivity index (χ1) is 8.55. The van der Waals surface area contributed by atoms with E-state index in [0.29, 0.717) is 0 Å². The third-order valence-corrected chi connectivity index (χ3v) is 4.67. The van der Waals surface area contributed by atoms with Gasteiger partial charge in [0, 0.05) is 19.0 Å². The van der Waals surface area contributed by atoms with Crippen LogP contribution in [0.4, 0.5) is 0 Å². The van der Waals surface area contributed by atoms with Crippen LogP contribution >= 0.6 is 11.6 Å². The number of carboxylic acids is 1. The van der Waals surface area contributed by atoms with E-state index in [1.54, 1.807) is 13.8 Å². The van der Waals surface area contributed by atoms with Crippen molar-refractivity contribution in [2.24, 2.45) is 7.05 Å². The molecule has 0 amide bonds. The van der Waals surface area contributed by atoms with E-state index >= 15 is 0 Å². The number of aliphatic carboxylic acids is 1. The Labute approximate surface area is 116 Å². The van der Waals surface area contributed by atoms with Gasteiger partial charge in [0.2, 0.25) is 0 Å². The lowest BCUT2D eigenvalue weighted by molar-refractivity contribution is -0.137. The molecule has 0 fully saturated rings. The Morgan fingerprint density at radius 1 is 1.58 bits per heavy atom. The molecular formula is C10H16ClN3O4S. The number of carboxylic acid groups (broad SMARTS) is 1. The number of rotatable bonds is 6. The van der Waals surface area contributed by atoms with Crippen molar-refractivity contribution in [3.8, 4) is 0 Å². The molecule has 1 aromatic rings. The van der Waals surface area contributed by atoms with Gasteiger partial charge in [-0.05, 0) is 20.3 Å². The van der Waals surface area contributed by atoms with E-state index in [1.165, 1.54) is 13.2 Å². The topological polar surface area (TPSA) is 101 Å². The Morgan fingerprint density at radius 3 is 2.58 bits per heavy atom. The van der Waals surface area contributed by atoms with Crippen LogP contribution in [0.25, 0.3) is 0 Å². The number of carbonyl (C=O) groups is 1. The quantitative estimate of drug-likeness (QED) is 0.816. The van der Waals surface area contributed by atoms with Crippen molar-refractivity contribution in [1.82, 2.24) is 14.5 Å². The zero-order chi connectivity index (χ0) is 14.8. The molecular weight excluding hydrogens is 294 g/mol. The Hall–Kier alpha value is -1.12. The maximum absolute atomic E-state index is 12.2. The number of nitrogens with one attached hydrogen (secondary N) is 1. The van der Waals surface area contributed by atoms with Gasteiger partial charge in [0.1, 0.15) is 0 Å². The zero-order valence-electron chi connectivity index (χ0n) is 10.8. The normalized spacial score (nSPS) is 12.6. The third-order valence-electron chi connectivity index (χ3n) is 2.47. The molecule has 0 spiro atoms. The van der Waals surface area contributed by atoms with Crippen LogP contribution < -0.4 is 4.72 Å². The lowest BCUT2D eigenvalue weighted by Gasteiger charge is -2.25. The van der Waals surface area contributed by atoms with Crippen molar-refractivity contribution in [2.45, 2.75) is 37.3 Å². The predicted octanol–water partition coefficient (Wildman–Crippen LogP) is 0.995. The fourth-order valence-electron chi connectivity index (χ4n) is 1.58. The molecule has 0 unspecified atom stereocenters. The van der Waals surface area contributed by atoms with Crippen molar-refractivity contribution in [1.29, 1.82) is 0 Å². The summed E-state index contributed by atoms with van der Waals surface area (Å²) in [5.41, 5.74) is -0.898. The summed E-state index contributed by atoms with van der Waals surface area (Å²) < 4.78 is 28.0. The zero-order valence-corrected chi connectivity index (χ0v) is 12.4. The average Bonchev–Trinajstić information content (AvgIpc) is 2.54. The molecule has 108 valence electrons. The molecule has 0 saturated carbocycles. The van der Waals surface area contributed by atoms with Crippen molar-refractivity contribution in [2.75, 3.05) is 0 Å². The number of halogens is 1. The Morgan fingerprint density at radius 2 is 2.16 bits per heavy atom. The van der Waals surface area contributed by atoms with E-state index in [4.69, 9.17) is 16.7 Å². The van der Waals surface area contributed by atoms with Gasteiger partial charge in [-0.1, -0.05) is 11.6 Å². The third kappa shape index (κ3) is 4.19. The summed E-state index contributed by atoms with van der Waals surface area (Å²) in [6.07, 6.45) is 1.27. The second-order valence-electron chi connectivity index (χ2n) is 4.80. The monoisotopic (exact) mass is 309 g/mol. The fourth-order valence-corrected chi connectivity index (χ4v) is 3.69. The molecule has 0 saturated heterocycles. The van der Waals surface area contributed by atoms with Crippen LogP contribution in [0.1, 0.15) is 26.7 Å². The maximum Gasteiger partial charge on any atom is 0.303 e. The Balaban J connectivity index is 2.94. The average molecular weight is 310 g/mol. The molecule has 9 heteroatoms. The van der Waals surface area contributed by atoms with E-state index in [2.05, 4.69) is 9.82 Å². The van der Waals surface area contributed by atoms with Crippen LogP contribution in [0.5, 0.6) is 0 Å². The SMILES string of the molecule is Cn1ncc(Cl)c1S(=O)(=O)NC(C)(C)CCC(=O)O. The van der Waals surface area contributed by atoms with E-state index in [0.717, 1.165) is 4.68 Å².